The average Bonchev–Trinajstić information content (AvgIpc) is 2.26. The molecule has 0 atom stereocenters. The van der Waals surface area contributed by atoms with Gasteiger partial charge in [0.25, 0.3) is 0 Å². The molecule has 0 bridgehead atoms. The Labute approximate surface area is 97.2 Å². The Kier molecular flexibility index (Phi) is 4.44. The summed E-state index contributed by atoms with van der Waals surface area (Å²) in [6.07, 6.45) is 3.85. The minimum Gasteiger partial charge on any atom is -0.263 e. The summed E-state index contributed by atoms with van der Waals surface area (Å²) in [5, 5.41) is 0. The Morgan fingerprint density at radius 2 is 2.06 bits per heavy atom. The molecule has 5 heteroatoms. The lowest BCUT2D eigenvalue weighted by molar-refractivity contribution is 0.580. The van der Waals surface area contributed by atoms with Gasteiger partial charge in [-0.2, -0.15) is 0 Å². The van der Waals surface area contributed by atoms with E-state index in [2.05, 4.69) is 9.71 Å². The first kappa shape index (κ1) is 13.1. The summed E-state index contributed by atoms with van der Waals surface area (Å²) in [5.41, 5.74) is 0.930. The quantitative estimate of drug-likeness (QED) is 0.857. The van der Waals surface area contributed by atoms with Crippen LogP contribution in [0.5, 0.6) is 0 Å². The Balaban J connectivity index is 2.99. The van der Waals surface area contributed by atoms with Crippen LogP contribution in [0, 0.1) is 0 Å². The fourth-order valence-corrected chi connectivity index (χ4v) is 2.35. The van der Waals surface area contributed by atoms with Gasteiger partial charge in [0, 0.05) is 18.9 Å². The summed E-state index contributed by atoms with van der Waals surface area (Å²) >= 11 is 0. The van der Waals surface area contributed by atoms with Crippen LogP contribution < -0.4 is 4.72 Å². The third-order valence-corrected chi connectivity index (χ3v) is 3.68. The Morgan fingerprint density at radius 1 is 1.38 bits per heavy atom. The SMILES string of the molecule is CCCNS(=O)(=O)c1cncc(C(C)C)c1. The molecule has 0 radical (unpaired) electrons. The van der Waals surface area contributed by atoms with Crippen LogP contribution in [-0.2, 0) is 10.0 Å². The minimum atomic E-state index is -3.39. The fraction of sp³-hybridized carbons (Fsp3) is 0.545. The van der Waals surface area contributed by atoms with E-state index in [1.54, 1.807) is 12.3 Å². The molecular formula is C11H18N2O2S. The fourth-order valence-electron chi connectivity index (χ4n) is 1.22. The van der Waals surface area contributed by atoms with E-state index in [0.717, 1.165) is 12.0 Å². The van der Waals surface area contributed by atoms with Gasteiger partial charge in [0.2, 0.25) is 10.0 Å². The molecule has 0 saturated heterocycles. The summed E-state index contributed by atoms with van der Waals surface area (Å²) in [4.78, 5) is 4.20. The largest absolute Gasteiger partial charge is 0.263 e. The Bertz CT molecular complexity index is 441. The summed E-state index contributed by atoms with van der Waals surface area (Å²) in [6, 6.07) is 1.68. The topological polar surface area (TPSA) is 59.1 Å². The molecule has 0 saturated carbocycles. The summed E-state index contributed by atoms with van der Waals surface area (Å²) in [5.74, 6) is 0.272. The first-order valence-corrected chi connectivity index (χ1v) is 6.90. The van der Waals surface area contributed by atoms with Crippen molar-refractivity contribution in [3.05, 3.63) is 24.0 Å². The molecule has 16 heavy (non-hydrogen) atoms. The van der Waals surface area contributed by atoms with Crippen molar-refractivity contribution >= 4 is 10.0 Å². The molecule has 0 aliphatic carbocycles. The summed E-state index contributed by atoms with van der Waals surface area (Å²) in [6.45, 7) is 6.39. The first-order valence-electron chi connectivity index (χ1n) is 5.42. The lowest BCUT2D eigenvalue weighted by Crippen LogP contribution is -2.24. The van der Waals surface area contributed by atoms with Gasteiger partial charge in [0.15, 0.2) is 0 Å². The zero-order chi connectivity index (χ0) is 12.2. The molecule has 0 aliphatic rings. The number of nitrogens with zero attached hydrogens (tertiary/aromatic N) is 1. The maximum Gasteiger partial charge on any atom is 0.242 e. The van der Waals surface area contributed by atoms with Gasteiger partial charge in [-0.1, -0.05) is 20.8 Å². The zero-order valence-electron chi connectivity index (χ0n) is 9.90. The van der Waals surface area contributed by atoms with Crippen LogP contribution in [0.25, 0.3) is 0 Å². The van der Waals surface area contributed by atoms with E-state index in [9.17, 15) is 8.42 Å². The van der Waals surface area contributed by atoms with Gasteiger partial charge in [0.1, 0.15) is 4.90 Å². The van der Waals surface area contributed by atoms with Crippen molar-refractivity contribution in [2.45, 2.75) is 38.0 Å². The molecular weight excluding hydrogens is 224 g/mol. The molecule has 1 aromatic heterocycles. The molecule has 4 nitrogen and oxygen atoms in total. The molecule has 0 fully saturated rings. The molecule has 1 rings (SSSR count). The summed E-state index contributed by atoms with van der Waals surface area (Å²) < 4.78 is 26.2. The van der Waals surface area contributed by atoms with Gasteiger partial charge in [-0.3, -0.25) is 4.98 Å². The van der Waals surface area contributed by atoms with Crippen LogP contribution in [-0.4, -0.2) is 19.9 Å². The number of hydrogen-bond acceptors (Lipinski definition) is 3. The average molecular weight is 242 g/mol. The van der Waals surface area contributed by atoms with E-state index in [-0.39, 0.29) is 10.8 Å². The highest BCUT2D eigenvalue weighted by Gasteiger charge is 2.14. The number of pyridine rings is 1. The lowest BCUT2D eigenvalue weighted by atomic mass is 10.1. The van der Waals surface area contributed by atoms with E-state index in [1.165, 1.54) is 6.20 Å². The van der Waals surface area contributed by atoms with Crippen molar-refractivity contribution in [2.24, 2.45) is 0 Å². The van der Waals surface area contributed by atoms with Crippen molar-refractivity contribution < 1.29 is 8.42 Å². The van der Waals surface area contributed by atoms with Gasteiger partial charge in [0.05, 0.1) is 0 Å². The summed E-state index contributed by atoms with van der Waals surface area (Å²) in [7, 11) is -3.39. The third-order valence-electron chi connectivity index (χ3n) is 2.25. The normalized spacial score (nSPS) is 12.0. The molecule has 1 heterocycles. The van der Waals surface area contributed by atoms with Crippen molar-refractivity contribution in [1.82, 2.24) is 9.71 Å². The minimum absolute atomic E-state index is 0.243. The van der Waals surface area contributed by atoms with Crippen LogP contribution in [0.15, 0.2) is 23.4 Å². The van der Waals surface area contributed by atoms with Crippen LogP contribution >= 0.6 is 0 Å². The highest BCUT2D eigenvalue weighted by Crippen LogP contribution is 2.16. The predicted octanol–water partition coefficient (Wildman–Crippen LogP) is 1.89. The Hall–Kier alpha value is -0.940. The van der Waals surface area contributed by atoms with Crippen molar-refractivity contribution in [1.29, 1.82) is 0 Å². The van der Waals surface area contributed by atoms with Crippen molar-refractivity contribution in [3.8, 4) is 0 Å². The van der Waals surface area contributed by atoms with Gasteiger partial charge >= 0.3 is 0 Å². The molecule has 90 valence electrons. The van der Waals surface area contributed by atoms with Crippen molar-refractivity contribution in [2.75, 3.05) is 6.54 Å². The smallest absolute Gasteiger partial charge is 0.242 e. The van der Waals surface area contributed by atoms with E-state index in [1.807, 2.05) is 20.8 Å². The molecule has 0 unspecified atom stereocenters. The van der Waals surface area contributed by atoms with Gasteiger partial charge in [-0.05, 0) is 24.0 Å². The van der Waals surface area contributed by atoms with Crippen LogP contribution in [0.4, 0.5) is 0 Å². The van der Waals surface area contributed by atoms with Gasteiger partial charge in [-0.25, -0.2) is 13.1 Å². The second-order valence-electron chi connectivity index (χ2n) is 4.01. The third kappa shape index (κ3) is 3.28. The number of aromatic nitrogens is 1. The maximum absolute atomic E-state index is 11.8. The number of nitrogens with one attached hydrogen (secondary N) is 1. The molecule has 1 N–H and O–H groups in total. The number of sulfonamides is 1. The van der Waals surface area contributed by atoms with Crippen LogP contribution in [0.2, 0.25) is 0 Å². The number of rotatable bonds is 5. The highest BCUT2D eigenvalue weighted by molar-refractivity contribution is 7.89. The molecule has 0 aliphatic heterocycles. The second kappa shape index (κ2) is 5.41. The van der Waals surface area contributed by atoms with Crippen LogP contribution in [0.1, 0.15) is 38.7 Å². The monoisotopic (exact) mass is 242 g/mol. The maximum atomic E-state index is 11.8. The molecule has 1 aromatic rings. The van der Waals surface area contributed by atoms with E-state index < -0.39 is 10.0 Å². The Morgan fingerprint density at radius 3 is 2.62 bits per heavy atom. The molecule has 0 spiro atoms. The first-order chi connectivity index (χ1) is 7.47. The van der Waals surface area contributed by atoms with E-state index in [0.29, 0.717) is 6.54 Å². The lowest BCUT2D eigenvalue weighted by Gasteiger charge is -2.08. The standard InChI is InChI=1S/C11H18N2O2S/c1-4-5-13-16(14,15)11-6-10(9(2)3)7-12-8-11/h6-9,13H,4-5H2,1-3H3. The molecule has 0 aromatic carbocycles. The second-order valence-corrected chi connectivity index (χ2v) is 5.77. The number of hydrogen-bond donors (Lipinski definition) is 1. The van der Waals surface area contributed by atoms with E-state index in [4.69, 9.17) is 0 Å². The van der Waals surface area contributed by atoms with Gasteiger partial charge in [-0.15, -0.1) is 0 Å². The predicted molar refractivity (Wildman–Crippen MR) is 63.8 cm³/mol. The highest BCUT2D eigenvalue weighted by atomic mass is 32.2. The van der Waals surface area contributed by atoms with E-state index >= 15 is 0 Å². The van der Waals surface area contributed by atoms with Crippen LogP contribution in [0.3, 0.4) is 0 Å². The molecule has 0 amide bonds. The van der Waals surface area contributed by atoms with Crippen molar-refractivity contribution in [3.63, 3.8) is 0 Å². The zero-order valence-corrected chi connectivity index (χ0v) is 10.7. The van der Waals surface area contributed by atoms with Gasteiger partial charge < -0.3 is 0 Å².